The quantitative estimate of drug-likeness (QED) is 0.623. The van der Waals surface area contributed by atoms with Crippen LogP contribution in [0.4, 0.5) is 0 Å². The van der Waals surface area contributed by atoms with Gasteiger partial charge >= 0.3 is 0 Å². The average molecular weight is 185 g/mol. The highest BCUT2D eigenvalue weighted by molar-refractivity contribution is 5.75. The molecular formula is C11H23NO. The van der Waals surface area contributed by atoms with E-state index in [0.717, 1.165) is 25.8 Å². The lowest BCUT2D eigenvalue weighted by Crippen LogP contribution is -2.27. The van der Waals surface area contributed by atoms with Crippen LogP contribution in [0.25, 0.3) is 0 Å². The molecule has 0 aliphatic rings. The van der Waals surface area contributed by atoms with Crippen molar-refractivity contribution in [3.63, 3.8) is 0 Å². The van der Waals surface area contributed by atoms with Crippen molar-refractivity contribution in [1.29, 1.82) is 0 Å². The Hall–Kier alpha value is -0.530. The van der Waals surface area contributed by atoms with Crippen LogP contribution >= 0.6 is 0 Å². The van der Waals surface area contributed by atoms with Gasteiger partial charge in [0.1, 0.15) is 0 Å². The Bertz CT molecular complexity index is 143. The van der Waals surface area contributed by atoms with Gasteiger partial charge in [0.2, 0.25) is 5.91 Å². The number of carbonyl (C=O) groups is 1. The summed E-state index contributed by atoms with van der Waals surface area (Å²) in [6.07, 6.45) is 3.96. The third-order valence-corrected chi connectivity index (χ3v) is 2.16. The Morgan fingerprint density at radius 1 is 1.38 bits per heavy atom. The molecule has 0 aromatic carbocycles. The zero-order valence-electron chi connectivity index (χ0n) is 9.47. The second-order valence-corrected chi connectivity index (χ2v) is 4.10. The Morgan fingerprint density at radius 2 is 2.00 bits per heavy atom. The smallest absolute Gasteiger partial charge is 0.222 e. The van der Waals surface area contributed by atoms with Crippen molar-refractivity contribution >= 4 is 5.91 Å². The minimum Gasteiger partial charge on any atom is -0.346 e. The molecular weight excluding hydrogens is 162 g/mol. The van der Waals surface area contributed by atoms with Crippen molar-refractivity contribution < 1.29 is 4.79 Å². The normalized spacial score (nSPS) is 10.5. The van der Waals surface area contributed by atoms with Gasteiger partial charge in [-0.15, -0.1) is 0 Å². The SMILES string of the molecule is CCCN(C)C(=O)CCCC(C)C. The van der Waals surface area contributed by atoms with Crippen LogP contribution in [0.15, 0.2) is 0 Å². The molecule has 0 atom stereocenters. The number of amides is 1. The molecule has 0 aromatic rings. The Balaban J connectivity index is 3.50. The second kappa shape index (κ2) is 6.93. The van der Waals surface area contributed by atoms with Crippen molar-refractivity contribution in [3.8, 4) is 0 Å². The number of carbonyl (C=O) groups excluding carboxylic acids is 1. The van der Waals surface area contributed by atoms with Crippen LogP contribution in [0.5, 0.6) is 0 Å². The molecule has 78 valence electrons. The van der Waals surface area contributed by atoms with Crippen LogP contribution in [-0.4, -0.2) is 24.4 Å². The van der Waals surface area contributed by atoms with Crippen LogP contribution in [0.2, 0.25) is 0 Å². The standard InChI is InChI=1S/C11H23NO/c1-5-9-12(4)11(13)8-6-7-10(2)3/h10H,5-9H2,1-4H3. The van der Waals surface area contributed by atoms with E-state index in [1.165, 1.54) is 0 Å². The topological polar surface area (TPSA) is 20.3 Å². The van der Waals surface area contributed by atoms with Crippen molar-refractivity contribution in [3.05, 3.63) is 0 Å². The highest BCUT2D eigenvalue weighted by Gasteiger charge is 2.06. The lowest BCUT2D eigenvalue weighted by molar-refractivity contribution is -0.130. The molecule has 0 N–H and O–H groups in total. The molecule has 2 heteroatoms. The molecule has 1 amide bonds. The first-order valence-electron chi connectivity index (χ1n) is 5.31. The molecule has 0 radical (unpaired) electrons. The van der Waals surface area contributed by atoms with E-state index in [2.05, 4.69) is 20.8 Å². The molecule has 0 heterocycles. The van der Waals surface area contributed by atoms with E-state index in [9.17, 15) is 4.79 Å². The minimum absolute atomic E-state index is 0.294. The first-order chi connectivity index (χ1) is 6.07. The van der Waals surface area contributed by atoms with E-state index in [1.54, 1.807) is 0 Å². The molecule has 13 heavy (non-hydrogen) atoms. The molecule has 0 aliphatic heterocycles. The predicted molar refractivity (Wildman–Crippen MR) is 56.6 cm³/mol. The van der Waals surface area contributed by atoms with Crippen molar-refractivity contribution in [2.24, 2.45) is 5.92 Å². The van der Waals surface area contributed by atoms with Gasteiger partial charge in [0, 0.05) is 20.0 Å². The average Bonchev–Trinajstić information content (AvgIpc) is 2.04. The van der Waals surface area contributed by atoms with Gasteiger partial charge in [-0.05, 0) is 18.8 Å². The number of hydrogen-bond acceptors (Lipinski definition) is 1. The van der Waals surface area contributed by atoms with Gasteiger partial charge in [-0.2, -0.15) is 0 Å². The summed E-state index contributed by atoms with van der Waals surface area (Å²) in [4.78, 5) is 13.3. The van der Waals surface area contributed by atoms with Gasteiger partial charge < -0.3 is 4.90 Å². The van der Waals surface area contributed by atoms with Crippen LogP contribution < -0.4 is 0 Å². The van der Waals surface area contributed by atoms with E-state index >= 15 is 0 Å². The van der Waals surface area contributed by atoms with Gasteiger partial charge in [0.05, 0.1) is 0 Å². The highest BCUT2D eigenvalue weighted by atomic mass is 16.2. The maximum Gasteiger partial charge on any atom is 0.222 e. The Labute approximate surface area is 82.3 Å². The summed E-state index contributed by atoms with van der Waals surface area (Å²) in [6.45, 7) is 7.37. The summed E-state index contributed by atoms with van der Waals surface area (Å²) in [5.74, 6) is 1.01. The highest BCUT2D eigenvalue weighted by Crippen LogP contribution is 2.07. The molecule has 0 saturated heterocycles. The molecule has 0 spiro atoms. The van der Waals surface area contributed by atoms with Crippen LogP contribution in [0, 0.1) is 5.92 Å². The third-order valence-electron chi connectivity index (χ3n) is 2.16. The molecule has 0 unspecified atom stereocenters. The summed E-state index contributed by atoms with van der Waals surface area (Å²) >= 11 is 0. The molecule has 0 aliphatic carbocycles. The molecule has 0 bridgehead atoms. The van der Waals surface area contributed by atoms with Gasteiger partial charge in [-0.25, -0.2) is 0 Å². The fourth-order valence-electron chi connectivity index (χ4n) is 1.31. The molecule has 0 fully saturated rings. The van der Waals surface area contributed by atoms with E-state index in [-0.39, 0.29) is 0 Å². The summed E-state index contributed by atoms with van der Waals surface area (Å²) in [5, 5.41) is 0. The van der Waals surface area contributed by atoms with Crippen LogP contribution in [0.1, 0.15) is 46.5 Å². The van der Waals surface area contributed by atoms with E-state index in [0.29, 0.717) is 18.2 Å². The first-order valence-corrected chi connectivity index (χ1v) is 5.31. The molecule has 2 nitrogen and oxygen atoms in total. The Kier molecular flexibility index (Phi) is 6.65. The zero-order valence-corrected chi connectivity index (χ0v) is 9.47. The molecule has 0 saturated carbocycles. The number of nitrogens with zero attached hydrogens (tertiary/aromatic N) is 1. The Morgan fingerprint density at radius 3 is 2.46 bits per heavy atom. The third kappa shape index (κ3) is 6.62. The summed E-state index contributed by atoms with van der Waals surface area (Å²) < 4.78 is 0. The van der Waals surface area contributed by atoms with E-state index in [1.807, 2.05) is 11.9 Å². The molecule has 0 rings (SSSR count). The lowest BCUT2D eigenvalue weighted by atomic mass is 10.1. The monoisotopic (exact) mass is 185 g/mol. The maximum absolute atomic E-state index is 11.4. The van der Waals surface area contributed by atoms with Crippen LogP contribution in [-0.2, 0) is 4.79 Å². The largest absolute Gasteiger partial charge is 0.346 e. The number of rotatable bonds is 6. The van der Waals surface area contributed by atoms with Gasteiger partial charge in [0.25, 0.3) is 0 Å². The van der Waals surface area contributed by atoms with E-state index in [4.69, 9.17) is 0 Å². The maximum atomic E-state index is 11.4. The van der Waals surface area contributed by atoms with E-state index < -0.39 is 0 Å². The molecule has 0 aromatic heterocycles. The van der Waals surface area contributed by atoms with Gasteiger partial charge in [-0.3, -0.25) is 4.79 Å². The fraction of sp³-hybridized carbons (Fsp3) is 0.909. The predicted octanol–water partition coefficient (Wildman–Crippen LogP) is 2.68. The van der Waals surface area contributed by atoms with Crippen molar-refractivity contribution in [1.82, 2.24) is 4.90 Å². The second-order valence-electron chi connectivity index (χ2n) is 4.10. The lowest BCUT2D eigenvalue weighted by Gasteiger charge is -2.16. The van der Waals surface area contributed by atoms with Crippen molar-refractivity contribution in [2.45, 2.75) is 46.5 Å². The van der Waals surface area contributed by atoms with Gasteiger partial charge in [0.15, 0.2) is 0 Å². The number of hydrogen-bond donors (Lipinski definition) is 0. The zero-order chi connectivity index (χ0) is 10.3. The van der Waals surface area contributed by atoms with Crippen LogP contribution in [0.3, 0.4) is 0 Å². The summed E-state index contributed by atoms with van der Waals surface area (Å²) in [6, 6.07) is 0. The first kappa shape index (κ1) is 12.5. The van der Waals surface area contributed by atoms with Gasteiger partial charge in [-0.1, -0.05) is 27.2 Å². The fourth-order valence-corrected chi connectivity index (χ4v) is 1.31. The summed E-state index contributed by atoms with van der Waals surface area (Å²) in [7, 11) is 1.89. The van der Waals surface area contributed by atoms with Crippen molar-refractivity contribution in [2.75, 3.05) is 13.6 Å². The minimum atomic E-state index is 0.294. The summed E-state index contributed by atoms with van der Waals surface area (Å²) in [5.41, 5.74) is 0.